The van der Waals surface area contributed by atoms with E-state index in [1.165, 1.54) is 121 Å². The summed E-state index contributed by atoms with van der Waals surface area (Å²) >= 11 is 0. The molecule has 2 atom stereocenters. The SMILES string of the molecule is CCCCCCCCCCCC=CCCCCC(=O)OCC=C(C)CCCC(C)CCCC(C)CCCC(C)C. The Morgan fingerprint density at radius 1 is 0.600 bits per heavy atom. The fourth-order valence-corrected chi connectivity index (χ4v) is 5.50. The maximum Gasteiger partial charge on any atom is 0.306 e. The summed E-state index contributed by atoms with van der Waals surface area (Å²) in [6.07, 6.45) is 36.1. The van der Waals surface area contributed by atoms with Gasteiger partial charge in [0, 0.05) is 6.42 Å². The molecule has 0 N–H and O–H groups in total. The molecule has 236 valence electrons. The summed E-state index contributed by atoms with van der Waals surface area (Å²) in [5, 5.41) is 0. The van der Waals surface area contributed by atoms with Gasteiger partial charge in [0.1, 0.15) is 6.61 Å². The molecule has 0 aliphatic rings. The molecule has 40 heavy (non-hydrogen) atoms. The minimum Gasteiger partial charge on any atom is -0.461 e. The number of hydrogen-bond donors (Lipinski definition) is 0. The first-order valence-electron chi connectivity index (χ1n) is 17.8. The predicted octanol–water partition coefficient (Wildman–Crippen LogP) is 13.0. The standard InChI is InChI=1S/C38H72O2/c1-7-8-9-10-11-12-13-14-15-16-17-18-19-20-21-31-38(39)40-33-32-37(6)30-24-29-36(5)28-23-27-35(4)26-22-25-34(2)3/h17-18,32,34-36H,7-16,19-31,33H2,1-6H3. The van der Waals surface area contributed by atoms with E-state index in [4.69, 9.17) is 4.74 Å². The van der Waals surface area contributed by atoms with E-state index < -0.39 is 0 Å². The Labute approximate surface area is 252 Å². The maximum atomic E-state index is 12.0. The van der Waals surface area contributed by atoms with Crippen LogP contribution in [0.15, 0.2) is 23.8 Å². The lowest BCUT2D eigenvalue weighted by atomic mass is 9.91. The highest BCUT2D eigenvalue weighted by Crippen LogP contribution is 2.22. The highest BCUT2D eigenvalue weighted by Gasteiger charge is 2.07. The first-order chi connectivity index (χ1) is 19.3. The van der Waals surface area contributed by atoms with Crippen LogP contribution in [0.1, 0.15) is 189 Å². The molecule has 0 rings (SSSR count). The summed E-state index contributed by atoms with van der Waals surface area (Å²) in [4.78, 5) is 12.0. The highest BCUT2D eigenvalue weighted by molar-refractivity contribution is 5.69. The lowest BCUT2D eigenvalue weighted by Crippen LogP contribution is -2.04. The van der Waals surface area contributed by atoms with Crippen LogP contribution in [-0.4, -0.2) is 12.6 Å². The van der Waals surface area contributed by atoms with Gasteiger partial charge in [-0.1, -0.05) is 149 Å². The molecule has 0 aromatic carbocycles. The summed E-state index contributed by atoms with van der Waals surface area (Å²) in [6.45, 7) is 14.4. The number of allylic oxidation sites excluding steroid dienone is 3. The number of carbonyl (C=O) groups excluding carboxylic acids is 1. The van der Waals surface area contributed by atoms with Crippen LogP contribution in [0.2, 0.25) is 0 Å². The summed E-state index contributed by atoms with van der Waals surface area (Å²) in [6, 6.07) is 0. The monoisotopic (exact) mass is 561 g/mol. The van der Waals surface area contributed by atoms with Crippen LogP contribution in [0.3, 0.4) is 0 Å². The lowest BCUT2D eigenvalue weighted by Gasteiger charge is -2.15. The van der Waals surface area contributed by atoms with Crippen LogP contribution in [0.25, 0.3) is 0 Å². The topological polar surface area (TPSA) is 26.3 Å². The van der Waals surface area contributed by atoms with E-state index in [0.717, 1.165) is 43.4 Å². The molecule has 0 saturated carbocycles. The van der Waals surface area contributed by atoms with E-state index >= 15 is 0 Å². The number of esters is 1. The molecule has 0 aromatic rings. The Bertz CT molecular complexity index is 603. The van der Waals surface area contributed by atoms with E-state index in [2.05, 4.69) is 59.8 Å². The van der Waals surface area contributed by atoms with Gasteiger partial charge in [-0.2, -0.15) is 0 Å². The molecule has 0 fully saturated rings. The molecule has 0 saturated heterocycles. The Morgan fingerprint density at radius 2 is 1.10 bits per heavy atom. The third kappa shape index (κ3) is 29.9. The van der Waals surface area contributed by atoms with Gasteiger partial charge in [-0.05, 0) is 75.7 Å². The van der Waals surface area contributed by atoms with Gasteiger partial charge in [0.25, 0.3) is 0 Å². The van der Waals surface area contributed by atoms with E-state index in [1.807, 2.05) is 0 Å². The average Bonchev–Trinajstić information content (AvgIpc) is 2.90. The van der Waals surface area contributed by atoms with Gasteiger partial charge in [0.2, 0.25) is 0 Å². The highest BCUT2D eigenvalue weighted by atomic mass is 16.5. The Morgan fingerprint density at radius 3 is 1.68 bits per heavy atom. The van der Waals surface area contributed by atoms with Crippen molar-refractivity contribution in [3.05, 3.63) is 23.8 Å². The lowest BCUT2D eigenvalue weighted by molar-refractivity contribution is -0.142. The molecule has 0 bridgehead atoms. The molecule has 2 unspecified atom stereocenters. The number of rotatable bonds is 29. The third-order valence-electron chi connectivity index (χ3n) is 8.46. The fraction of sp³-hybridized carbons (Fsp3) is 0.868. The van der Waals surface area contributed by atoms with E-state index in [0.29, 0.717) is 13.0 Å². The zero-order valence-electron chi connectivity index (χ0n) is 28.3. The van der Waals surface area contributed by atoms with Crippen LogP contribution in [0.5, 0.6) is 0 Å². The molecule has 0 aliphatic carbocycles. The van der Waals surface area contributed by atoms with Gasteiger partial charge >= 0.3 is 5.97 Å². The summed E-state index contributed by atoms with van der Waals surface area (Å²) in [5.74, 6) is 2.50. The molecule has 0 radical (unpaired) electrons. The van der Waals surface area contributed by atoms with Gasteiger partial charge in [-0.25, -0.2) is 0 Å². The first kappa shape index (κ1) is 39.0. The Balaban J connectivity index is 3.59. The molecular formula is C38H72O2. The maximum absolute atomic E-state index is 12.0. The van der Waals surface area contributed by atoms with Gasteiger partial charge in [0.05, 0.1) is 0 Å². The van der Waals surface area contributed by atoms with Gasteiger partial charge in [-0.3, -0.25) is 4.79 Å². The first-order valence-corrected chi connectivity index (χ1v) is 17.8. The van der Waals surface area contributed by atoms with Crippen molar-refractivity contribution in [2.45, 2.75) is 189 Å². The van der Waals surface area contributed by atoms with Crippen molar-refractivity contribution in [3.8, 4) is 0 Å². The van der Waals surface area contributed by atoms with Gasteiger partial charge in [-0.15, -0.1) is 0 Å². The number of unbranched alkanes of at least 4 members (excludes halogenated alkanes) is 11. The van der Waals surface area contributed by atoms with Crippen molar-refractivity contribution < 1.29 is 9.53 Å². The zero-order chi connectivity index (χ0) is 29.7. The average molecular weight is 561 g/mol. The second-order valence-corrected chi connectivity index (χ2v) is 13.4. The fourth-order valence-electron chi connectivity index (χ4n) is 5.50. The van der Waals surface area contributed by atoms with E-state index in [-0.39, 0.29) is 5.97 Å². The van der Waals surface area contributed by atoms with Crippen molar-refractivity contribution in [1.82, 2.24) is 0 Å². The predicted molar refractivity (Wildman–Crippen MR) is 179 cm³/mol. The van der Waals surface area contributed by atoms with E-state index in [9.17, 15) is 4.79 Å². The summed E-state index contributed by atoms with van der Waals surface area (Å²) < 4.78 is 5.44. The Hall–Kier alpha value is -1.05. The van der Waals surface area contributed by atoms with Crippen molar-refractivity contribution >= 4 is 5.97 Å². The molecular weight excluding hydrogens is 488 g/mol. The summed E-state index contributed by atoms with van der Waals surface area (Å²) in [5.41, 5.74) is 1.36. The normalized spacial score (nSPS) is 13.8. The van der Waals surface area contributed by atoms with E-state index in [1.54, 1.807) is 0 Å². The quantitative estimate of drug-likeness (QED) is 0.0516. The van der Waals surface area contributed by atoms with Gasteiger partial charge in [0.15, 0.2) is 0 Å². The van der Waals surface area contributed by atoms with Crippen LogP contribution in [0.4, 0.5) is 0 Å². The second-order valence-electron chi connectivity index (χ2n) is 13.4. The minimum absolute atomic E-state index is 0.0465. The van der Waals surface area contributed by atoms with Crippen molar-refractivity contribution in [3.63, 3.8) is 0 Å². The summed E-state index contributed by atoms with van der Waals surface area (Å²) in [7, 11) is 0. The zero-order valence-corrected chi connectivity index (χ0v) is 28.3. The minimum atomic E-state index is -0.0465. The van der Waals surface area contributed by atoms with Crippen LogP contribution < -0.4 is 0 Å². The van der Waals surface area contributed by atoms with Crippen LogP contribution in [-0.2, 0) is 9.53 Å². The molecule has 2 nitrogen and oxygen atoms in total. The van der Waals surface area contributed by atoms with Crippen molar-refractivity contribution in [2.24, 2.45) is 17.8 Å². The smallest absolute Gasteiger partial charge is 0.306 e. The second kappa shape index (κ2) is 29.4. The van der Waals surface area contributed by atoms with Gasteiger partial charge < -0.3 is 4.74 Å². The van der Waals surface area contributed by atoms with Crippen LogP contribution >= 0.6 is 0 Å². The largest absolute Gasteiger partial charge is 0.461 e. The third-order valence-corrected chi connectivity index (χ3v) is 8.46. The van der Waals surface area contributed by atoms with Crippen molar-refractivity contribution in [2.75, 3.05) is 6.61 Å². The number of hydrogen-bond acceptors (Lipinski definition) is 2. The van der Waals surface area contributed by atoms with Crippen molar-refractivity contribution in [1.29, 1.82) is 0 Å². The van der Waals surface area contributed by atoms with Crippen LogP contribution in [0, 0.1) is 17.8 Å². The molecule has 0 heterocycles. The number of carbonyl (C=O) groups is 1. The molecule has 0 amide bonds. The molecule has 0 aromatic heterocycles. The number of ether oxygens (including phenoxy) is 1. The Kier molecular flexibility index (Phi) is 28.7. The molecule has 2 heteroatoms. The molecule has 0 aliphatic heterocycles. The molecule has 0 spiro atoms.